The number of aromatic amines is 1. The molecule has 1 amide bonds. The number of ether oxygens (including phenoxy) is 1. The van der Waals surface area contributed by atoms with Gasteiger partial charge in [0.2, 0.25) is 11.7 Å². The van der Waals surface area contributed by atoms with Crippen LogP contribution in [0.15, 0.2) is 46.9 Å². The second-order valence-corrected chi connectivity index (χ2v) is 6.44. The van der Waals surface area contributed by atoms with E-state index in [1.54, 1.807) is 31.4 Å². The SMILES string of the molecule is COc1ccc(CC(N)C(=O)Nc2ccc(-c3nn[nH]n3)cc2)cc1Br. The van der Waals surface area contributed by atoms with E-state index < -0.39 is 6.04 Å². The number of nitrogens with two attached hydrogens (primary N) is 1. The van der Waals surface area contributed by atoms with Gasteiger partial charge in [-0.2, -0.15) is 5.21 Å². The van der Waals surface area contributed by atoms with E-state index in [4.69, 9.17) is 10.5 Å². The highest BCUT2D eigenvalue weighted by Crippen LogP contribution is 2.26. The van der Waals surface area contributed by atoms with Gasteiger partial charge in [-0.3, -0.25) is 4.79 Å². The first-order chi connectivity index (χ1) is 12.6. The first-order valence-electron chi connectivity index (χ1n) is 7.79. The lowest BCUT2D eigenvalue weighted by Gasteiger charge is -2.13. The highest BCUT2D eigenvalue weighted by atomic mass is 79.9. The predicted octanol–water partition coefficient (Wildman–Crippen LogP) is 2.15. The van der Waals surface area contributed by atoms with Crippen LogP contribution in [-0.4, -0.2) is 39.7 Å². The molecule has 0 radical (unpaired) electrons. The number of tetrazole rings is 1. The minimum absolute atomic E-state index is 0.260. The van der Waals surface area contributed by atoms with Crippen LogP contribution in [0, 0.1) is 0 Å². The van der Waals surface area contributed by atoms with Crippen LogP contribution in [-0.2, 0) is 11.2 Å². The van der Waals surface area contributed by atoms with Gasteiger partial charge < -0.3 is 15.8 Å². The predicted molar refractivity (Wildman–Crippen MR) is 101 cm³/mol. The lowest BCUT2D eigenvalue weighted by molar-refractivity contribution is -0.117. The zero-order chi connectivity index (χ0) is 18.5. The van der Waals surface area contributed by atoms with Crippen molar-refractivity contribution in [1.29, 1.82) is 0 Å². The van der Waals surface area contributed by atoms with Crippen molar-refractivity contribution in [3.8, 4) is 17.1 Å². The Kier molecular flexibility index (Phi) is 5.59. The summed E-state index contributed by atoms with van der Waals surface area (Å²) in [5, 5.41) is 16.5. The Balaban J connectivity index is 1.61. The number of halogens is 1. The summed E-state index contributed by atoms with van der Waals surface area (Å²) in [6.07, 6.45) is 0.412. The monoisotopic (exact) mass is 416 g/mol. The quantitative estimate of drug-likeness (QED) is 0.566. The molecule has 1 heterocycles. The first kappa shape index (κ1) is 18.0. The number of nitrogens with zero attached hydrogens (tertiary/aromatic N) is 3. The molecule has 0 aliphatic heterocycles. The maximum Gasteiger partial charge on any atom is 0.241 e. The summed E-state index contributed by atoms with van der Waals surface area (Å²) in [5.41, 5.74) is 8.41. The molecule has 3 aromatic rings. The van der Waals surface area contributed by atoms with Crippen molar-refractivity contribution >= 4 is 27.5 Å². The maximum absolute atomic E-state index is 12.3. The molecule has 1 aromatic heterocycles. The Morgan fingerprint density at radius 3 is 2.69 bits per heavy atom. The van der Waals surface area contributed by atoms with Crippen LogP contribution in [0.3, 0.4) is 0 Å². The van der Waals surface area contributed by atoms with Crippen LogP contribution in [0.1, 0.15) is 5.56 Å². The topological polar surface area (TPSA) is 119 Å². The number of hydrogen-bond donors (Lipinski definition) is 3. The van der Waals surface area contributed by atoms with Gasteiger partial charge in [0.05, 0.1) is 17.6 Å². The van der Waals surface area contributed by atoms with Crippen molar-refractivity contribution < 1.29 is 9.53 Å². The standard InChI is InChI=1S/C17H17BrN6O2/c1-26-15-7-2-10(8-13(15)18)9-14(19)17(25)20-12-5-3-11(4-6-12)16-21-23-24-22-16/h2-8,14H,9,19H2,1H3,(H,20,25)(H,21,22,23,24). The van der Waals surface area contributed by atoms with Gasteiger partial charge in [0, 0.05) is 11.3 Å². The van der Waals surface area contributed by atoms with E-state index in [2.05, 4.69) is 41.9 Å². The Hall–Kier alpha value is -2.78. The highest BCUT2D eigenvalue weighted by Gasteiger charge is 2.15. The van der Waals surface area contributed by atoms with Crippen molar-refractivity contribution in [3.05, 3.63) is 52.5 Å². The van der Waals surface area contributed by atoms with Gasteiger partial charge in [0.15, 0.2) is 0 Å². The largest absolute Gasteiger partial charge is 0.496 e. The van der Waals surface area contributed by atoms with E-state index in [0.29, 0.717) is 17.9 Å². The molecule has 4 N–H and O–H groups in total. The summed E-state index contributed by atoms with van der Waals surface area (Å²) >= 11 is 3.43. The lowest BCUT2D eigenvalue weighted by atomic mass is 10.1. The lowest BCUT2D eigenvalue weighted by Crippen LogP contribution is -2.37. The second kappa shape index (κ2) is 8.07. The Bertz CT molecular complexity index is 883. The molecular formula is C17H17BrN6O2. The van der Waals surface area contributed by atoms with Crippen LogP contribution in [0.25, 0.3) is 11.4 Å². The number of benzene rings is 2. The molecule has 0 saturated carbocycles. The number of amides is 1. The van der Waals surface area contributed by atoms with Crippen LogP contribution < -0.4 is 15.8 Å². The molecule has 0 saturated heterocycles. The van der Waals surface area contributed by atoms with Crippen molar-refractivity contribution in [1.82, 2.24) is 20.6 Å². The average molecular weight is 417 g/mol. The molecule has 0 fully saturated rings. The van der Waals surface area contributed by atoms with Gasteiger partial charge in [-0.1, -0.05) is 6.07 Å². The van der Waals surface area contributed by atoms with Gasteiger partial charge in [-0.25, -0.2) is 0 Å². The minimum Gasteiger partial charge on any atom is -0.496 e. The third-order valence-corrected chi connectivity index (χ3v) is 4.38. The van der Waals surface area contributed by atoms with E-state index in [1.807, 2.05) is 18.2 Å². The Morgan fingerprint density at radius 2 is 2.08 bits per heavy atom. The molecule has 8 nitrogen and oxygen atoms in total. The van der Waals surface area contributed by atoms with E-state index in [0.717, 1.165) is 21.3 Å². The summed E-state index contributed by atoms with van der Waals surface area (Å²) in [6, 6.07) is 12.1. The van der Waals surface area contributed by atoms with Gasteiger partial charge in [0.25, 0.3) is 0 Å². The molecule has 1 unspecified atom stereocenters. The number of carbonyl (C=O) groups is 1. The molecule has 0 aliphatic rings. The summed E-state index contributed by atoms with van der Waals surface area (Å²) in [4.78, 5) is 12.3. The summed E-state index contributed by atoms with van der Waals surface area (Å²) in [7, 11) is 1.60. The van der Waals surface area contributed by atoms with Crippen LogP contribution in [0.4, 0.5) is 5.69 Å². The molecule has 0 aliphatic carbocycles. The van der Waals surface area contributed by atoms with Crippen molar-refractivity contribution in [3.63, 3.8) is 0 Å². The number of rotatable bonds is 6. The van der Waals surface area contributed by atoms with Crippen LogP contribution in [0.5, 0.6) is 5.75 Å². The number of methoxy groups -OCH3 is 1. The smallest absolute Gasteiger partial charge is 0.241 e. The van der Waals surface area contributed by atoms with Crippen molar-refractivity contribution in [2.75, 3.05) is 12.4 Å². The summed E-state index contributed by atoms with van der Waals surface area (Å²) < 4.78 is 6.02. The fourth-order valence-corrected chi connectivity index (χ4v) is 2.99. The molecule has 0 spiro atoms. The molecule has 3 rings (SSSR count). The highest BCUT2D eigenvalue weighted by molar-refractivity contribution is 9.10. The van der Waals surface area contributed by atoms with E-state index in [9.17, 15) is 4.79 Å². The fraction of sp³-hybridized carbons (Fsp3) is 0.176. The van der Waals surface area contributed by atoms with Crippen LogP contribution >= 0.6 is 15.9 Å². The normalized spacial score (nSPS) is 11.8. The first-order valence-corrected chi connectivity index (χ1v) is 8.59. The van der Waals surface area contributed by atoms with Crippen molar-refractivity contribution in [2.45, 2.75) is 12.5 Å². The van der Waals surface area contributed by atoms with Gasteiger partial charge in [-0.15, -0.1) is 10.2 Å². The number of nitrogens with one attached hydrogen (secondary N) is 2. The molecule has 0 bridgehead atoms. The molecule has 9 heteroatoms. The Labute approximate surface area is 158 Å². The minimum atomic E-state index is -0.674. The fourth-order valence-electron chi connectivity index (χ4n) is 2.41. The number of H-pyrrole nitrogens is 1. The molecule has 1 atom stereocenters. The summed E-state index contributed by atoms with van der Waals surface area (Å²) in [6.45, 7) is 0. The average Bonchev–Trinajstić information content (AvgIpc) is 3.17. The maximum atomic E-state index is 12.3. The molecule has 2 aromatic carbocycles. The van der Waals surface area contributed by atoms with E-state index in [-0.39, 0.29) is 5.91 Å². The molecule has 26 heavy (non-hydrogen) atoms. The van der Waals surface area contributed by atoms with Crippen molar-refractivity contribution in [2.24, 2.45) is 5.73 Å². The Morgan fingerprint density at radius 1 is 1.31 bits per heavy atom. The van der Waals surface area contributed by atoms with Gasteiger partial charge >= 0.3 is 0 Å². The number of aromatic nitrogens is 4. The van der Waals surface area contributed by atoms with Gasteiger partial charge in [0.1, 0.15) is 5.75 Å². The summed E-state index contributed by atoms with van der Waals surface area (Å²) in [5.74, 6) is 0.961. The zero-order valence-corrected chi connectivity index (χ0v) is 15.5. The molecule has 134 valence electrons. The number of hydrogen-bond acceptors (Lipinski definition) is 6. The molecular weight excluding hydrogens is 400 g/mol. The van der Waals surface area contributed by atoms with Crippen LogP contribution in [0.2, 0.25) is 0 Å². The third-order valence-electron chi connectivity index (χ3n) is 3.76. The third kappa shape index (κ3) is 4.24. The second-order valence-electron chi connectivity index (χ2n) is 5.58. The van der Waals surface area contributed by atoms with E-state index in [1.165, 1.54) is 0 Å². The number of carbonyl (C=O) groups excluding carboxylic acids is 1. The number of anilines is 1. The van der Waals surface area contributed by atoms with E-state index >= 15 is 0 Å². The van der Waals surface area contributed by atoms with Gasteiger partial charge in [-0.05, 0) is 69.5 Å². The zero-order valence-electron chi connectivity index (χ0n) is 13.9.